The van der Waals surface area contributed by atoms with Gasteiger partial charge in [0.15, 0.2) is 0 Å². The van der Waals surface area contributed by atoms with Crippen LogP contribution in [0.15, 0.2) is 0 Å². The average Bonchev–Trinajstić information content (AvgIpc) is 2.32. The van der Waals surface area contributed by atoms with Gasteiger partial charge in [-0.2, -0.15) is 0 Å². The van der Waals surface area contributed by atoms with E-state index in [1.165, 1.54) is 0 Å². The van der Waals surface area contributed by atoms with E-state index >= 15 is 0 Å². The fourth-order valence-corrected chi connectivity index (χ4v) is 1.58. The van der Waals surface area contributed by atoms with Gasteiger partial charge in [0.25, 0.3) is 0 Å². The number of hydrogen-bond acceptors (Lipinski definition) is 3. The normalized spacial score (nSPS) is 30.8. The van der Waals surface area contributed by atoms with Crippen molar-refractivity contribution in [1.82, 2.24) is 4.90 Å². The molecule has 1 aliphatic heterocycles. The molecule has 4 heteroatoms. The monoisotopic (exact) mass is 173 g/mol. The molecule has 4 nitrogen and oxygen atoms in total. The van der Waals surface area contributed by atoms with Gasteiger partial charge in [0, 0.05) is 19.7 Å². The second-order valence-corrected chi connectivity index (χ2v) is 3.16. The number of carboxylic acids is 1. The summed E-state index contributed by atoms with van der Waals surface area (Å²) >= 11 is 0. The van der Waals surface area contributed by atoms with Gasteiger partial charge in [-0.15, -0.1) is 0 Å². The first-order valence-corrected chi connectivity index (χ1v) is 4.18. The lowest BCUT2D eigenvalue weighted by Gasteiger charge is -2.13. The standard InChI is InChI=1S/C8H15NO3/c1-3-12-7-5-9(2)4-6(7)8(10)11/h6-7H,3-5H2,1-2H3,(H,10,11). The van der Waals surface area contributed by atoms with Gasteiger partial charge >= 0.3 is 5.97 Å². The summed E-state index contributed by atoms with van der Waals surface area (Å²) in [4.78, 5) is 12.7. The van der Waals surface area contributed by atoms with Gasteiger partial charge in [-0.3, -0.25) is 4.79 Å². The maximum atomic E-state index is 10.7. The molecule has 70 valence electrons. The zero-order chi connectivity index (χ0) is 9.14. The molecular formula is C8H15NO3. The van der Waals surface area contributed by atoms with Gasteiger partial charge < -0.3 is 14.7 Å². The van der Waals surface area contributed by atoms with E-state index < -0.39 is 5.97 Å². The number of aliphatic carboxylic acids is 1. The number of carbonyl (C=O) groups is 1. The SMILES string of the molecule is CCOC1CN(C)CC1C(=O)O. The van der Waals surface area contributed by atoms with Crippen LogP contribution in [-0.2, 0) is 9.53 Å². The van der Waals surface area contributed by atoms with Crippen molar-refractivity contribution in [3.63, 3.8) is 0 Å². The Bertz CT molecular complexity index is 172. The Hall–Kier alpha value is -0.610. The van der Waals surface area contributed by atoms with Crippen LogP contribution in [0.5, 0.6) is 0 Å². The minimum absolute atomic E-state index is 0.127. The van der Waals surface area contributed by atoms with Crippen LogP contribution in [-0.4, -0.2) is 48.8 Å². The summed E-state index contributed by atoms with van der Waals surface area (Å²) in [5.41, 5.74) is 0. The van der Waals surface area contributed by atoms with Crippen LogP contribution >= 0.6 is 0 Å². The molecule has 0 spiro atoms. The molecule has 1 rings (SSSR count). The lowest BCUT2D eigenvalue weighted by Crippen LogP contribution is -2.28. The van der Waals surface area contributed by atoms with Crippen LogP contribution in [0, 0.1) is 5.92 Å². The number of carboxylic acid groups (broad SMARTS) is 1. The molecule has 0 radical (unpaired) electrons. The molecule has 12 heavy (non-hydrogen) atoms. The number of nitrogens with zero attached hydrogens (tertiary/aromatic N) is 1. The van der Waals surface area contributed by atoms with Gasteiger partial charge in [0.1, 0.15) is 0 Å². The van der Waals surface area contributed by atoms with Gasteiger partial charge in [-0.05, 0) is 14.0 Å². The zero-order valence-corrected chi connectivity index (χ0v) is 7.49. The van der Waals surface area contributed by atoms with Crippen LogP contribution in [0.2, 0.25) is 0 Å². The molecule has 1 saturated heterocycles. The molecule has 0 aromatic rings. The molecule has 1 aliphatic rings. The molecule has 2 atom stereocenters. The van der Waals surface area contributed by atoms with E-state index in [0.717, 1.165) is 6.54 Å². The minimum Gasteiger partial charge on any atom is -0.481 e. The topological polar surface area (TPSA) is 49.8 Å². The Kier molecular flexibility index (Phi) is 3.05. The molecule has 0 saturated carbocycles. The molecular weight excluding hydrogens is 158 g/mol. The van der Waals surface area contributed by atoms with E-state index in [9.17, 15) is 4.79 Å². The molecule has 1 heterocycles. The lowest BCUT2D eigenvalue weighted by molar-refractivity contribution is -0.145. The van der Waals surface area contributed by atoms with Crippen molar-refractivity contribution in [2.45, 2.75) is 13.0 Å². The highest BCUT2D eigenvalue weighted by molar-refractivity contribution is 5.71. The fraction of sp³-hybridized carbons (Fsp3) is 0.875. The third-order valence-electron chi connectivity index (χ3n) is 2.15. The van der Waals surface area contributed by atoms with Crippen molar-refractivity contribution in [3.05, 3.63) is 0 Å². The summed E-state index contributed by atoms with van der Waals surface area (Å²) in [5, 5.41) is 8.82. The second-order valence-electron chi connectivity index (χ2n) is 3.16. The number of ether oxygens (including phenoxy) is 1. The Balaban J connectivity index is 2.53. The smallest absolute Gasteiger partial charge is 0.310 e. The molecule has 0 amide bonds. The average molecular weight is 173 g/mol. The number of rotatable bonds is 3. The maximum Gasteiger partial charge on any atom is 0.310 e. The summed E-state index contributed by atoms with van der Waals surface area (Å²) in [7, 11) is 1.91. The number of hydrogen-bond donors (Lipinski definition) is 1. The van der Waals surface area contributed by atoms with Crippen LogP contribution in [0.4, 0.5) is 0 Å². The first kappa shape index (κ1) is 9.48. The van der Waals surface area contributed by atoms with Crippen LogP contribution < -0.4 is 0 Å². The molecule has 0 aromatic carbocycles. The highest BCUT2D eigenvalue weighted by Crippen LogP contribution is 2.18. The Morgan fingerprint density at radius 3 is 2.83 bits per heavy atom. The van der Waals surface area contributed by atoms with Crippen molar-refractivity contribution >= 4 is 5.97 Å². The Labute approximate surface area is 72.1 Å². The van der Waals surface area contributed by atoms with Crippen molar-refractivity contribution in [2.24, 2.45) is 5.92 Å². The fourth-order valence-electron chi connectivity index (χ4n) is 1.58. The lowest BCUT2D eigenvalue weighted by atomic mass is 10.1. The first-order chi connectivity index (χ1) is 5.65. The largest absolute Gasteiger partial charge is 0.481 e. The van der Waals surface area contributed by atoms with E-state index in [-0.39, 0.29) is 12.0 Å². The summed E-state index contributed by atoms with van der Waals surface area (Å²) in [6.45, 7) is 3.80. The second kappa shape index (κ2) is 3.87. The van der Waals surface area contributed by atoms with Crippen molar-refractivity contribution in [1.29, 1.82) is 0 Å². The third kappa shape index (κ3) is 1.95. The van der Waals surface area contributed by atoms with Gasteiger partial charge in [-0.1, -0.05) is 0 Å². The summed E-state index contributed by atoms with van der Waals surface area (Å²) in [6.07, 6.45) is -0.127. The predicted octanol–water partition coefficient (Wildman–Crippen LogP) is 0.0377. The van der Waals surface area contributed by atoms with Crippen LogP contribution in [0.3, 0.4) is 0 Å². The predicted molar refractivity (Wildman–Crippen MR) is 44.0 cm³/mol. The van der Waals surface area contributed by atoms with E-state index in [2.05, 4.69) is 0 Å². The highest BCUT2D eigenvalue weighted by atomic mass is 16.5. The zero-order valence-electron chi connectivity index (χ0n) is 7.49. The molecule has 1 N–H and O–H groups in total. The number of likely N-dealkylation sites (tertiary alicyclic amines) is 1. The molecule has 0 bridgehead atoms. The summed E-state index contributed by atoms with van der Waals surface area (Å²) in [5.74, 6) is -1.10. The van der Waals surface area contributed by atoms with Gasteiger partial charge in [0.2, 0.25) is 0 Å². The quantitative estimate of drug-likeness (QED) is 0.654. The first-order valence-electron chi connectivity index (χ1n) is 4.18. The number of likely N-dealkylation sites (N-methyl/N-ethyl adjacent to an activating group) is 1. The summed E-state index contributed by atoms with van der Waals surface area (Å²) < 4.78 is 5.32. The van der Waals surface area contributed by atoms with Crippen molar-refractivity contribution in [3.8, 4) is 0 Å². The van der Waals surface area contributed by atoms with E-state index in [0.29, 0.717) is 13.2 Å². The van der Waals surface area contributed by atoms with E-state index in [1.807, 2.05) is 18.9 Å². The Morgan fingerprint density at radius 2 is 2.33 bits per heavy atom. The van der Waals surface area contributed by atoms with E-state index in [4.69, 9.17) is 9.84 Å². The third-order valence-corrected chi connectivity index (χ3v) is 2.15. The molecule has 0 aromatic heterocycles. The van der Waals surface area contributed by atoms with Crippen LogP contribution in [0.1, 0.15) is 6.92 Å². The molecule has 0 aliphatic carbocycles. The van der Waals surface area contributed by atoms with Gasteiger partial charge in [-0.25, -0.2) is 0 Å². The Morgan fingerprint density at radius 1 is 1.67 bits per heavy atom. The van der Waals surface area contributed by atoms with Crippen molar-refractivity contribution < 1.29 is 14.6 Å². The highest BCUT2D eigenvalue weighted by Gasteiger charge is 2.36. The van der Waals surface area contributed by atoms with Gasteiger partial charge in [0.05, 0.1) is 12.0 Å². The van der Waals surface area contributed by atoms with E-state index in [1.54, 1.807) is 0 Å². The molecule has 1 fully saturated rings. The maximum absolute atomic E-state index is 10.7. The van der Waals surface area contributed by atoms with Crippen molar-refractivity contribution in [2.75, 3.05) is 26.7 Å². The van der Waals surface area contributed by atoms with Crippen LogP contribution in [0.25, 0.3) is 0 Å². The summed E-state index contributed by atoms with van der Waals surface area (Å²) in [6, 6.07) is 0. The minimum atomic E-state index is -0.752. The molecule has 2 unspecified atom stereocenters.